The van der Waals surface area contributed by atoms with Crippen molar-refractivity contribution in [2.24, 2.45) is 0 Å². The van der Waals surface area contributed by atoms with Gasteiger partial charge in [0, 0.05) is 0 Å². The smallest absolute Gasteiger partial charge is 0.185 e. The molecule has 0 bridgehead atoms. The van der Waals surface area contributed by atoms with E-state index >= 15 is 0 Å². The van der Waals surface area contributed by atoms with Gasteiger partial charge in [0.1, 0.15) is 23.9 Å². The van der Waals surface area contributed by atoms with Gasteiger partial charge < -0.3 is 9.52 Å². The van der Waals surface area contributed by atoms with Crippen molar-refractivity contribution in [3.05, 3.63) is 53.5 Å². The molecule has 4 nitrogen and oxygen atoms in total. The molecule has 1 aromatic carbocycles. The summed E-state index contributed by atoms with van der Waals surface area (Å²) in [7, 11) is -3.40. The molecule has 0 aliphatic carbocycles. The van der Waals surface area contributed by atoms with Gasteiger partial charge in [-0.3, -0.25) is 0 Å². The van der Waals surface area contributed by atoms with Crippen LogP contribution < -0.4 is 0 Å². The minimum atomic E-state index is -3.40. The van der Waals surface area contributed by atoms with E-state index in [0.29, 0.717) is 11.5 Å². The molecule has 1 N–H and O–H groups in total. The van der Waals surface area contributed by atoms with Gasteiger partial charge in [-0.05, 0) is 31.2 Å². The van der Waals surface area contributed by atoms with Gasteiger partial charge in [0.05, 0.1) is 4.90 Å². The van der Waals surface area contributed by atoms with Crippen LogP contribution in [0.4, 0.5) is 0 Å². The monoisotopic (exact) mass is 266 g/mol. The van der Waals surface area contributed by atoms with Gasteiger partial charge in [-0.1, -0.05) is 17.7 Å². The number of aliphatic hydroxyl groups is 1. The van der Waals surface area contributed by atoms with Crippen LogP contribution in [0.3, 0.4) is 0 Å². The molecule has 0 radical (unpaired) electrons. The van der Waals surface area contributed by atoms with Gasteiger partial charge >= 0.3 is 0 Å². The molecule has 0 aliphatic rings. The molecule has 1 aromatic heterocycles. The Balaban J connectivity index is 2.24. The fourth-order valence-electron chi connectivity index (χ4n) is 1.60. The maximum Gasteiger partial charge on any atom is 0.185 e. The number of aliphatic hydroxyl groups excluding tert-OH is 1. The minimum absolute atomic E-state index is 0.198. The third-order valence-corrected chi connectivity index (χ3v) is 4.24. The zero-order valence-electron chi connectivity index (χ0n) is 9.96. The molecule has 0 unspecified atom stereocenters. The number of furan rings is 1. The number of benzene rings is 1. The van der Waals surface area contributed by atoms with Crippen LogP contribution in [-0.4, -0.2) is 13.5 Å². The highest BCUT2D eigenvalue weighted by atomic mass is 32.2. The van der Waals surface area contributed by atoms with E-state index < -0.39 is 9.84 Å². The summed E-state index contributed by atoms with van der Waals surface area (Å²) < 4.78 is 29.4. The van der Waals surface area contributed by atoms with Crippen molar-refractivity contribution in [1.29, 1.82) is 0 Å². The van der Waals surface area contributed by atoms with Crippen LogP contribution in [0, 0.1) is 6.92 Å². The third-order valence-electron chi connectivity index (χ3n) is 2.59. The van der Waals surface area contributed by atoms with Crippen LogP contribution >= 0.6 is 0 Å². The predicted molar refractivity (Wildman–Crippen MR) is 66.7 cm³/mol. The highest BCUT2D eigenvalue weighted by molar-refractivity contribution is 7.90. The van der Waals surface area contributed by atoms with Crippen molar-refractivity contribution in [1.82, 2.24) is 0 Å². The van der Waals surface area contributed by atoms with Crippen molar-refractivity contribution in [3.8, 4) is 0 Å². The first-order chi connectivity index (χ1) is 8.51. The Morgan fingerprint density at radius 2 is 1.67 bits per heavy atom. The second kappa shape index (κ2) is 4.96. The zero-order valence-corrected chi connectivity index (χ0v) is 10.8. The summed E-state index contributed by atoms with van der Waals surface area (Å²) in [4.78, 5) is 0.273. The highest BCUT2D eigenvalue weighted by Crippen LogP contribution is 2.18. The highest BCUT2D eigenvalue weighted by Gasteiger charge is 2.17. The molecule has 5 heteroatoms. The lowest BCUT2D eigenvalue weighted by atomic mass is 10.2. The molecule has 2 rings (SSSR count). The maximum atomic E-state index is 12.1. The molecule has 96 valence electrons. The topological polar surface area (TPSA) is 67.5 Å². The predicted octanol–water partition coefficient (Wildman–Crippen LogP) is 2.05. The molecular formula is C13H14O4S. The van der Waals surface area contributed by atoms with E-state index in [2.05, 4.69) is 0 Å². The third kappa shape index (κ3) is 2.80. The average molecular weight is 266 g/mol. The Labute approximate surface area is 106 Å². The second-order valence-electron chi connectivity index (χ2n) is 4.10. The van der Waals surface area contributed by atoms with E-state index in [1.165, 1.54) is 0 Å². The lowest BCUT2D eigenvalue weighted by Gasteiger charge is -2.03. The van der Waals surface area contributed by atoms with E-state index in [-0.39, 0.29) is 17.3 Å². The molecular weight excluding hydrogens is 252 g/mol. The van der Waals surface area contributed by atoms with Gasteiger partial charge in [0.25, 0.3) is 0 Å². The Morgan fingerprint density at radius 1 is 1.06 bits per heavy atom. The molecule has 0 aliphatic heterocycles. The molecule has 18 heavy (non-hydrogen) atoms. The quantitative estimate of drug-likeness (QED) is 0.919. The summed E-state index contributed by atoms with van der Waals surface area (Å²) in [5.74, 6) is 0.500. The summed E-state index contributed by atoms with van der Waals surface area (Å²) in [6.45, 7) is 1.67. The molecule has 0 saturated heterocycles. The molecule has 2 aromatic rings. The lowest BCUT2D eigenvalue weighted by molar-refractivity contribution is 0.244. The van der Waals surface area contributed by atoms with Crippen LogP contribution in [0.25, 0.3) is 0 Å². The molecule has 0 fully saturated rings. The number of sulfone groups is 1. The van der Waals surface area contributed by atoms with Crippen LogP contribution in [0.5, 0.6) is 0 Å². The van der Waals surface area contributed by atoms with Crippen LogP contribution in [0.15, 0.2) is 45.7 Å². The molecule has 0 saturated carbocycles. The second-order valence-corrected chi connectivity index (χ2v) is 6.09. The zero-order chi connectivity index (χ0) is 13.2. The normalized spacial score (nSPS) is 11.7. The first-order valence-electron chi connectivity index (χ1n) is 5.49. The first-order valence-corrected chi connectivity index (χ1v) is 7.14. The molecule has 1 heterocycles. The van der Waals surface area contributed by atoms with E-state index in [9.17, 15) is 8.42 Å². The van der Waals surface area contributed by atoms with E-state index in [4.69, 9.17) is 9.52 Å². The summed E-state index contributed by atoms with van der Waals surface area (Å²) in [5.41, 5.74) is 1.01. The van der Waals surface area contributed by atoms with E-state index in [0.717, 1.165) is 5.56 Å². The standard InChI is InChI=1S/C13H14O4S/c1-10-2-6-13(7-3-10)18(15,16)9-12-5-4-11(8-14)17-12/h2-7,14H,8-9H2,1H3. The minimum Gasteiger partial charge on any atom is -0.463 e. The summed E-state index contributed by atoms with van der Waals surface area (Å²) in [6.07, 6.45) is 0. The van der Waals surface area contributed by atoms with E-state index in [1.54, 1.807) is 36.4 Å². The summed E-state index contributed by atoms with van der Waals surface area (Å²) in [5, 5.41) is 8.85. The van der Waals surface area contributed by atoms with Crippen molar-refractivity contribution >= 4 is 9.84 Å². The average Bonchev–Trinajstić information content (AvgIpc) is 2.76. The Bertz CT molecular complexity index is 623. The van der Waals surface area contributed by atoms with Gasteiger partial charge in [-0.25, -0.2) is 8.42 Å². The van der Waals surface area contributed by atoms with Crippen molar-refractivity contribution in [2.45, 2.75) is 24.2 Å². The lowest BCUT2D eigenvalue weighted by Crippen LogP contribution is -2.04. The van der Waals surface area contributed by atoms with Gasteiger partial charge in [0.2, 0.25) is 0 Å². The Kier molecular flexibility index (Phi) is 3.54. The largest absolute Gasteiger partial charge is 0.463 e. The number of hydrogen-bond donors (Lipinski definition) is 1. The molecule has 0 atom stereocenters. The molecule has 0 spiro atoms. The van der Waals surface area contributed by atoms with E-state index in [1.807, 2.05) is 6.92 Å². The van der Waals surface area contributed by atoms with Crippen molar-refractivity contribution in [3.63, 3.8) is 0 Å². The first kappa shape index (κ1) is 12.9. The fourth-order valence-corrected chi connectivity index (χ4v) is 2.85. The fraction of sp³-hybridized carbons (Fsp3) is 0.231. The van der Waals surface area contributed by atoms with Crippen LogP contribution in [-0.2, 0) is 22.2 Å². The number of rotatable bonds is 4. The van der Waals surface area contributed by atoms with Gasteiger partial charge in [-0.15, -0.1) is 0 Å². The summed E-state index contributed by atoms with van der Waals surface area (Å²) >= 11 is 0. The maximum absolute atomic E-state index is 12.1. The van der Waals surface area contributed by atoms with Crippen LogP contribution in [0.1, 0.15) is 17.1 Å². The molecule has 0 amide bonds. The van der Waals surface area contributed by atoms with Crippen molar-refractivity contribution in [2.75, 3.05) is 0 Å². The Morgan fingerprint density at radius 3 is 2.22 bits per heavy atom. The number of aryl methyl sites for hydroxylation is 1. The number of hydrogen-bond acceptors (Lipinski definition) is 4. The Hall–Kier alpha value is -1.59. The summed E-state index contributed by atoms with van der Waals surface area (Å²) in [6, 6.07) is 9.82. The van der Waals surface area contributed by atoms with Crippen molar-refractivity contribution < 1.29 is 17.9 Å². The van der Waals surface area contributed by atoms with Gasteiger partial charge in [0.15, 0.2) is 9.84 Å². The SMILES string of the molecule is Cc1ccc(S(=O)(=O)Cc2ccc(CO)o2)cc1. The van der Waals surface area contributed by atoms with Gasteiger partial charge in [-0.2, -0.15) is 0 Å². The van der Waals surface area contributed by atoms with Crippen LogP contribution in [0.2, 0.25) is 0 Å².